The minimum atomic E-state index is -1.39. The summed E-state index contributed by atoms with van der Waals surface area (Å²) in [5.74, 6) is -1.37. The Kier molecular flexibility index (Phi) is 6.66. The molecule has 1 atom stereocenters. The molecule has 0 bridgehead atoms. The molecule has 3 rings (SSSR count). The van der Waals surface area contributed by atoms with Crippen LogP contribution in [0.2, 0.25) is 5.02 Å². The molecule has 9 nitrogen and oxygen atoms in total. The molecule has 2 heterocycles. The molecule has 0 aliphatic rings. The third kappa shape index (κ3) is 5.07. The predicted octanol–water partition coefficient (Wildman–Crippen LogP) is 2.89. The molecular weight excluding hydrogens is 422 g/mol. The highest BCUT2D eigenvalue weighted by Gasteiger charge is 2.28. The van der Waals surface area contributed by atoms with Gasteiger partial charge >= 0.3 is 12.0 Å². The number of amides is 3. The Balaban J connectivity index is 1.93. The fourth-order valence-electron chi connectivity index (χ4n) is 2.86. The molecule has 1 unspecified atom stereocenters. The van der Waals surface area contributed by atoms with Crippen molar-refractivity contribution >= 4 is 29.5 Å². The number of benzene rings is 1. The molecule has 0 saturated heterocycles. The van der Waals surface area contributed by atoms with E-state index in [1.54, 1.807) is 41.1 Å². The average molecular weight is 442 g/mol. The van der Waals surface area contributed by atoms with Crippen LogP contribution in [-0.2, 0) is 9.53 Å². The summed E-state index contributed by atoms with van der Waals surface area (Å²) in [6.45, 7) is 3.69. The van der Waals surface area contributed by atoms with Crippen LogP contribution in [0.5, 0.6) is 0 Å². The number of ether oxygens (including phenoxy) is 1. The summed E-state index contributed by atoms with van der Waals surface area (Å²) in [4.78, 5) is 41.3. The van der Waals surface area contributed by atoms with E-state index >= 15 is 0 Å². The van der Waals surface area contributed by atoms with Gasteiger partial charge in [0, 0.05) is 18.3 Å². The number of carbonyl (C=O) groups excluding carboxylic acids is 3. The molecule has 0 aliphatic carbocycles. The third-order valence-electron chi connectivity index (χ3n) is 4.28. The Morgan fingerprint density at radius 2 is 1.81 bits per heavy atom. The largest absolute Gasteiger partial charge is 0.442 e. The van der Waals surface area contributed by atoms with Crippen molar-refractivity contribution in [2.45, 2.75) is 20.0 Å². The normalized spacial score (nSPS) is 11.5. The van der Waals surface area contributed by atoms with Crippen LogP contribution < -0.4 is 10.6 Å². The van der Waals surface area contributed by atoms with E-state index in [1.165, 1.54) is 13.1 Å². The van der Waals surface area contributed by atoms with Crippen LogP contribution in [0.4, 0.5) is 4.79 Å². The number of hydrogen-bond acceptors (Lipinski definition) is 6. The standard InChI is InChI=1S/C21H20ClN5O4/c1-12-11-13(2)27(26-12)16-10-9-15(22)17(24-16)20(29)31-18(14-7-5-4-6-8-14)19(28)25-21(30)23-3/h4-11,18H,1-3H3,(H2,23,25,28,30). The summed E-state index contributed by atoms with van der Waals surface area (Å²) in [5, 5.41) is 8.78. The zero-order chi connectivity index (χ0) is 22.5. The van der Waals surface area contributed by atoms with Crippen LogP contribution in [0.1, 0.15) is 33.5 Å². The minimum absolute atomic E-state index is 0.0498. The molecule has 3 amide bonds. The van der Waals surface area contributed by atoms with Crippen molar-refractivity contribution in [3.8, 4) is 5.82 Å². The lowest BCUT2D eigenvalue weighted by molar-refractivity contribution is -0.129. The zero-order valence-electron chi connectivity index (χ0n) is 17.0. The van der Waals surface area contributed by atoms with Crippen molar-refractivity contribution in [2.24, 2.45) is 0 Å². The molecular formula is C21H20ClN5O4. The van der Waals surface area contributed by atoms with Crippen molar-refractivity contribution in [1.29, 1.82) is 0 Å². The van der Waals surface area contributed by atoms with Crippen molar-refractivity contribution in [1.82, 2.24) is 25.4 Å². The van der Waals surface area contributed by atoms with Gasteiger partial charge in [-0.05, 0) is 32.0 Å². The van der Waals surface area contributed by atoms with E-state index in [1.807, 2.05) is 19.9 Å². The van der Waals surface area contributed by atoms with Crippen molar-refractivity contribution < 1.29 is 19.1 Å². The van der Waals surface area contributed by atoms with Crippen molar-refractivity contribution in [2.75, 3.05) is 7.05 Å². The van der Waals surface area contributed by atoms with Gasteiger partial charge in [0.05, 0.1) is 10.7 Å². The summed E-state index contributed by atoms with van der Waals surface area (Å²) in [6.07, 6.45) is -1.39. The van der Waals surface area contributed by atoms with Crippen LogP contribution in [0.25, 0.3) is 5.82 Å². The number of carbonyl (C=O) groups is 3. The summed E-state index contributed by atoms with van der Waals surface area (Å²) < 4.78 is 6.99. The van der Waals surface area contributed by atoms with Gasteiger partial charge in [0.1, 0.15) is 0 Å². The summed E-state index contributed by atoms with van der Waals surface area (Å²) in [5.41, 5.74) is 1.80. The molecule has 2 N–H and O–H groups in total. The average Bonchev–Trinajstić information content (AvgIpc) is 3.10. The second-order valence-electron chi connectivity index (χ2n) is 6.60. The van der Waals surface area contributed by atoms with E-state index < -0.39 is 24.0 Å². The van der Waals surface area contributed by atoms with Gasteiger partial charge in [-0.25, -0.2) is 19.3 Å². The number of aryl methyl sites for hydroxylation is 2. The fraction of sp³-hybridized carbons (Fsp3) is 0.190. The highest BCUT2D eigenvalue weighted by Crippen LogP contribution is 2.23. The molecule has 1 aromatic carbocycles. The lowest BCUT2D eigenvalue weighted by Crippen LogP contribution is -2.41. The van der Waals surface area contributed by atoms with E-state index in [-0.39, 0.29) is 10.7 Å². The van der Waals surface area contributed by atoms with Crippen LogP contribution in [0.15, 0.2) is 48.5 Å². The number of nitrogens with zero attached hydrogens (tertiary/aromatic N) is 3. The second-order valence-corrected chi connectivity index (χ2v) is 7.01. The Labute approximate surface area is 183 Å². The van der Waals surface area contributed by atoms with Crippen LogP contribution in [-0.4, -0.2) is 39.7 Å². The SMILES string of the molecule is CNC(=O)NC(=O)C(OC(=O)c1nc(-n2nc(C)cc2C)ccc1Cl)c1ccccc1. The first kappa shape index (κ1) is 22.0. The van der Waals surface area contributed by atoms with Crippen LogP contribution in [0, 0.1) is 13.8 Å². The van der Waals surface area contributed by atoms with Gasteiger partial charge in [-0.3, -0.25) is 10.1 Å². The quantitative estimate of drug-likeness (QED) is 0.588. The number of halogens is 1. The lowest BCUT2D eigenvalue weighted by Gasteiger charge is -2.18. The molecule has 0 aliphatic heterocycles. The van der Waals surface area contributed by atoms with Gasteiger partial charge in [0.25, 0.3) is 5.91 Å². The van der Waals surface area contributed by atoms with Gasteiger partial charge in [0.2, 0.25) is 6.10 Å². The molecule has 0 fully saturated rings. The van der Waals surface area contributed by atoms with Gasteiger partial charge < -0.3 is 10.1 Å². The maximum absolute atomic E-state index is 12.9. The first-order chi connectivity index (χ1) is 14.8. The zero-order valence-corrected chi connectivity index (χ0v) is 17.8. The van der Waals surface area contributed by atoms with Crippen LogP contribution in [0.3, 0.4) is 0 Å². The smallest absolute Gasteiger partial charge is 0.359 e. The molecule has 2 aromatic heterocycles. The van der Waals surface area contributed by atoms with E-state index in [9.17, 15) is 14.4 Å². The van der Waals surface area contributed by atoms with Crippen molar-refractivity contribution in [3.05, 3.63) is 76.2 Å². The first-order valence-corrected chi connectivity index (χ1v) is 9.66. The monoisotopic (exact) mass is 441 g/mol. The minimum Gasteiger partial charge on any atom is -0.442 e. The maximum Gasteiger partial charge on any atom is 0.359 e. The van der Waals surface area contributed by atoms with Crippen molar-refractivity contribution in [3.63, 3.8) is 0 Å². The first-order valence-electron chi connectivity index (χ1n) is 9.29. The highest BCUT2D eigenvalue weighted by molar-refractivity contribution is 6.33. The van der Waals surface area contributed by atoms with Gasteiger partial charge in [-0.1, -0.05) is 41.9 Å². The summed E-state index contributed by atoms with van der Waals surface area (Å²) in [6, 6.07) is 12.6. The Bertz CT molecular complexity index is 1130. The summed E-state index contributed by atoms with van der Waals surface area (Å²) in [7, 11) is 1.36. The maximum atomic E-state index is 12.9. The number of nitrogens with one attached hydrogen (secondary N) is 2. The molecule has 0 spiro atoms. The number of imide groups is 1. The number of hydrogen-bond donors (Lipinski definition) is 2. The molecule has 0 saturated carbocycles. The van der Waals surface area contributed by atoms with Crippen LogP contribution >= 0.6 is 11.6 Å². The predicted molar refractivity (Wildman–Crippen MR) is 113 cm³/mol. The third-order valence-corrected chi connectivity index (χ3v) is 4.59. The van der Waals surface area contributed by atoms with Gasteiger partial charge in [-0.2, -0.15) is 5.10 Å². The molecule has 10 heteroatoms. The number of pyridine rings is 1. The Morgan fingerprint density at radius 1 is 1.10 bits per heavy atom. The highest BCUT2D eigenvalue weighted by atomic mass is 35.5. The topological polar surface area (TPSA) is 115 Å². The molecule has 0 radical (unpaired) electrons. The summed E-state index contributed by atoms with van der Waals surface area (Å²) >= 11 is 6.18. The number of esters is 1. The Hall–Kier alpha value is -3.72. The van der Waals surface area contributed by atoms with Gasteiger partial charge in [0.15, 0.2) is 11.5 Å². The molecule has 160 valence electrons. The fourth-order valence-corrected chi connectivity index (χ4v) is 3.04. The van der Waals surface area contributed by atoms with Gasteiger partial charge in [-0.15, -0.1) is 0 Å². The van der Waals surface area contributed by atoms with E-state index in [0.29, 0.717) is 11.4 Å². The molecule has 31 heavy (non-hydrogen) atoms. The lowest BCUT2D eigenvalue weighted by atomic mass is 10.1. The number of aromatic nitrogens is 3. The Morgan fingerprint density at radius 3 is 2.42 bits per heavy atom. The number of urea groups is 1. The van der Waals surface area contributed by atoms with E-state index in [2.05, 4.69) is 20.7 Å². The molecule has 3 aromatic rings. The second kappa shape index (κ2) is 9.40. The number of rotatable bonds is 5. The van der Waals surface area contributed by atoms with E-state index in [4.69, 9.17) is 16.3 Å². The van der Waals surface area contributed by atoms with E-state index in [0.717, 1.165) is 11.4 Å².